The number of hydrogen-bond donors (Lipinski definition) is 1. The van der Waals surface area contributed by atoms with Crippen LogP contribution in [-0.2, 0) is 10.5 Å². The van der Waals surface area contributed by atoms with Gasteiger partial charge in [0.05, 0.1) is 26.0 Å². The Morgan fingerprint density at radius 3 is 2.68 bits per heavy atom. The average Bonchev–Trinajstić information content (AvgIpc) is 2.83. The van der Waals surface area contributed by atoms with Gasteiger partial charge in [0.2, 0.25) is 0 Å². The van der Waals surface area contributed by atoms with Crippen molar-refractivity contribution in [3.05, 3.63) is 29.8 Å². The van der Waals surface area contributed by atoms with E-state index >= 15 is 0 Å². The second-order valence-corrected chi connectivity index (χ2v) is 7.30. The molecular weight excluding hydrogens is 303 g/mol. The first-order valence-corrected chi connectivity index (χ1v) is 8.47. The van der Waals surface area contributed by atoms with Gasteiger partial charge in [-0.2, -0.15) is 0 Å². The Morgan fingerprint density at radius 1 is 1.45 bits per heavy atom. The van der Waals surface area contributed by atoms with E-state index in [2.05, 4.69) is 0 Å². The Bertz CT molecular complexity index is 511. The number of rotatable bonds is 7. The zero-order valence-corrected chi connectivity index (χ0v) is 13.9. The fourth-order valence-electron chi connectivity index (χ4n) is 3.09. The highest BCUT2D eigenvalue weighted by molar-refractivity contribution is 7.99. The first kappa shape index (κ1) is 17.1. The lowest BCUT2D eigenvalue weighted by Crippen LogP contribution is -2.55. The zero-order valence-electron chi connectivity index (χ0n) is 13.1. The first-order chi connectivity index (χ1) is 10.5. The number of primary amides is 1. The van der Waals surface area contributed by atoms with E-state index in [9.17, 15) is 9.18 Å². The quantitative estimate of drug-likeness (QED) is 0.779. The molecule has 1 amide bonds. The Labute approximate surface area is 135 Å². The second-order valence-electron chi connectivity index (χ2n) is 6.01. The number of carbonyl (C=O) groups is 1. The Hall–Kier alpha value is -1.27. The lowest BCUT2D eigenvalue weighted by molar-refractivity contribution is -0.911. The van der Waals surface area contributed by atoms with Crippen LogP contribution in [0, 0.1) is 0 Å². The van der Waals surface area contributed by atoms with Gasteiger partial charge in [-0.3, -0.25) is 4.79 Å². The molecule has 0 spiro atoms. The number of quaternary nitrogens is 1. The molecular formula is C16H24FN2O2S+. The predicted octanol–water partition coefficient (Wildman–Crippen LogP) is 1.97. The molecule has 0 saturated carbocycles. The number of alkyl halides is 1. The van der Waals surface area contributed by atoms with E-state index in [4.69, 9.17) is 10.5 Å². The van der Waals surface area contributed by atoms with Crippen LogP contribution in [0.3, 0.4) is 0 Å². The van der Waals surface area contributed by atoms with Crippen molar-refractivity contribution in [2.24, 2.45) is 5.73 Å². The van der Waals surface area contributed by atoms with Gasteiger partial charge in [0.1, 0.15) is 19.0 Å². The van der Waals surface area contributed by atoms with Gasteiger partial charge in [-0.1, -0.05) is 12.1 Å². The molecule has 1 fully saturated rings. The molecule has 2 rings (SSSR count). The molecule has 6 heteroatoms. The van der Waals surface area contributed by atoms with Crippen LogP contribution < -0.4 is 10.5 Å². The summed E-state index contributed by atoms with van der Waals surface area (Å²) in [6.07, 6.45) is 0.729. The van der Waals surface area contributed by atoms with E-state index in [0.29, 0.717) is 16.3 Å². The van der Waals surface area contributed by atoms with Crippen LogP contribution in [0.4, 0.5) is 4.39 Å². The predicted molar refractivity (Wildman–Crippen MR) is 87.6 cm³/mol. The van der Waals surface area contributed by atoms with Crippen LogP contribution in [0.5, 0.6) is 5.75 Å². The van der Waals surface area contributed by atoms with Crippen molar-refractivity contribution in [3.63, 3.8) is 0 Å². The van der Waals surface area contributed by atoms with Crippen LogP contribution in [0.1, 0.15) is 12.0 Å². The maximum atomic E-state index is 12.8. The number of likely N-dealkylation sites (N-methyl/N-ethyl adjacent to an activating group) is 1. The normalized spacial score (nSPS) is 27.8. The molecule has 1 heterocycles. The molecule has 0 radical (unpaired) electrons. The molecule has 22 heavy (non-hydrogen) atoms. The largest absolute Gasteiger partial charge is 0.497 e. The van der Waals surface area contributed by atoms with Crippen LogP contribution in [0.25, 0.3) is 0 Å². The first-order valence-electron chi connectivity index (χ1n) is 7.42. The smallest absolute Gasteiger partial charge is 0.275 e. The summed E-state index contributed by atoms with van der Waals surface area (Å²) in [7, 11) is 3.58. The van der Waals surface area contributed by atoms with Crippen LogP contribution in [0.2, 0.25) is 0 Å². The van der Waals surface area contributed by atoms with Crippen LogP contribution in [-0.4, -0.2) is 55.6 Å². The molecule has 4 nitrogen and oxygen atoms in total. The summed E-state index contributed by atoms with van der Waals surface area (Å²) in [4.78, 5) is 11.6. The summed E-state index contributed by atoms with van der Waals surface area (Å²) in [5.41, 5.74) is 6.72. The minimum Gasteiger partial charge on any atom is -0.497 e. The summed E-state index contributed by atoms with van der Waals surface area (Å²) < 4.78 is 18.4. The number of thioether (sulfide) groups is 1. The fraction of sp³-hybridized carbons (Fsp3) is 0.562. The molecule has 1 saturated heterocycles. The second kappa shape index (κ2) is 7.33. The number of nitrogens with two attached hydrogens (primary N) is 1. The summed E-state index contributed by atoms with van der Waals surface area (Å²) in [6.45, 7) is 0.724. The van der Waals surface area contributed by atoms with Gasteiger partial charge in [-0.25, -0.2) is 4.39 Å². The van der Waals surface area contributed by atoms with E-state index in [0.717, 1.165) is 24.5 Å². The zero-order chi connectivity index (χ0) is 16.2. The summed E-state index contributed by atoms with van der Waals surface area (Å²) in [5.74, 6) is 1.40. The minimum absolute atomic E-state index is 0.274. The number of methoxy groups -OCH3 is 1. The van der Waals surface area contributed by atoms with Crippen molar-refractivity contribution in [1.82, 2.24) is 0 Å². The molecule has 1 unspecified atom stereocenters. The van der Waals surface area contributed by atoms with Crippen molar-refractivity contribution in [1.29, 1.82) is 0 Å². The van der Waals surface area contributed by atoms with Gasteiger partial charge in [-0.15, -0.1) is 11.8 Å². The Morgan fingerprint density at radius 2 is 2.14 bits per heavy atom. The fourth-order valence-corrected chi connectivity index (χ4v) is 4.48. The highest BCUT2D eigenvalue weighted by Crippen LogP contribution is 2.34. The third-order valence-electron chi connectivity index (χ3n) is 4.43. The summed E-state index contributed by atoms with van der Waals surface area (Å²) in [5, 5.41) is 0.330. The van der Waals surface area contributed by atoms with Crippen molar-refractivity contribution < 1.29 is 18.4 Å². The van der Waals surface area contributed by atoms with Gasteiger partial charge in [-0.05, 0) is 17.7 Å². The number of amides is 1. The molecule has 1 aromatic carbocycles. The lowest BCUT2D eigenvalue weighted by Gasteiger charge is -2.33. The van der Waals surface area contributed by atoms with Crippen LogP contribution >= 0.6 is 11.8 Å². The topological polar surface area (TPSA) is 52.3 Å². The summed E-state index contributed by atoms with van der Waals surface area (Å²) in [6, 6.07) is 7.70. The van der Waals surface area contributed by atoms with E-state index in [1.165, 1.54) is 5.56 Å². The standard InChI is InChI=1S/C16H23FN2O2S/c1-19(8-7-17)10-14(9-15(19)16(18)20)22-11-12-3-5-13(21-2)6-4-12/h3-6,14-15H,7-11H2,1-2H3,(H-,18,20)/p+1/t14-,15+,19?/m0/s1. The maximum Gasteiger partial charge on any atom is 0.275 e. The molecule has 1 aliphatic heterocycles. The number of likely N-dealkylation sites (tertiary alicyclic amines) is 1. The van der Waals surface area contributed by atoms with E-state index in [1.807, 2.05) is 43.1 Å². The highest BCUT2D eigenvalue weighted by Gasteiger charge is 2.46. The van der Waals surface area contributed by atoms with Gasteiger partial charge in [0, 0.05) is 12.2 Å². The molecule has 0 bridgehead atoms. The van der Waals surface area contributed by atoms with E-state index < -0.39 is 6.67 Å². The number of nitrogens with zero attached hydrogens (tertiary/aromatic N) is 1. The van der Waals surface area contributed by atoms with Crippen molar-refractivity contribution in [2.75, 3.05) is 33.9 Å². The van der Waals surface area contributed by atoms with Gasteiger partial charge >= 0.3 is 0 Å². The molecule has 0 aliphatic carbocycles. The third-order valence-corrected chi connectivity index (χ3v) is 5.74. The SMILES string of the molecule is COc1ccc(CS[C@H]2C[C@H](C(N)=O)[N+](C)(CCF)C2)cc1. The number of hydrogen-bond acceptors (Lipinski definition) is 3. The van der Waals surface area contributed by atoms with Gasteiger partial charge < -0.3 is 15.0 Å². The van der Waals surface area contributed by atoms with Gasteiger partial charge in [0.15, 0.2) is 6.04 Å². The van der Waals surface area contributed by atoms with Crippen molar-refractivity contribution >= 4 is 17.7 Å². The van der Waals surface area contributed by atoms with Crippen LogP contribution in [0.15, 0.2) is 24.3 Å². The molecule has 1 aromatic rings. The monoisotopic (exact) mass is 327 g/mol. The Balaban J connectivity index is 1.94. The van der Waals surface area contributed by atoms with E-state index in [-0.39, 0.29) is 11.9 Å². The summed E-state index contributed by atoms with van der Waals surface area (Å²) >= 11 is 1.81. The molecule has 3 atom stereocenters. The molecule has 1 aliphatic rings. The number of halogens is 1. The molecule has 2 N–H and O–H groups in total. The average molecular weight is 327 g/mol. The minimum atomic E-state index is -0.420. The third kappa shape index (κ3) is 3.93. The lowest BCUT2D eigenvalue weighted by atomic mass is 10.2. The number of ether oxygens (including phenoxy) is 1. The van der Waals surface area contributed by atoms with E-state index in [1.54, 1.807) is 7.11 Å². The highest BCUT2D eigenvalue weighted by atomic mass is 32.2. The maximum absolute atomic E-state index is 12.8. The van der Waals surface area contributed by atoms with Gasteiger partial charge in [0.25, 0.3) is 5.91 Å². The molecule has 0 aromatic heterocycles. The number of carbonyl (C=O) groups excluding carboxylic acids is 1. The van der Waals surface area contributed by atoms with Crippen molar-refractivity contribution in [2.45, 2.75) is 23.5 Å². The Kier molecular flexibility index (Phi) is 5.69. The molecule has 122 valence electrons. The number of benzene rings is 1. The van der Waals surface area contributed by atoms with Crippen molar-refractivity contribution in [3.8, 4) is 5.75 Å².